The highest BCUT2D eigenvalue weighted by molar-refractivity contribution is 5.71. The van der Waals surface area contributed by atoms with Crippen LogP contribution in [0.5, 0.6) is 17.2 Å². The van der Waals surface area contributed by atoms with Gasteiger partial charge in [-0.2, -0.15) is 0 Å². The van der Waals surface area contributed by atoms with Gasteiger partial charge in [0.15, 0.2) is 0 Å². The molecule has 3 rings (SSSR count). The van der Waals surface area contributed by atoms with Crippen molar-refractivity contribution in [2.75, 3.05) is 7.11 Å². The van der Waals surface area contributed by atoms with E-state index in [9.17, 15) is 13.6 Å². The van der Waals surface area contributed by atoms with Crippen molar-refractivity contribution in [3.8, 4) is 28.4 Å². The van der Waals surface area contributed by atoms with Gasteiger partial charge in [0, 0.05) is 17.7 Å². The number of carboxylic acid groups (broad SMARTS) is 1. The fourth-order valence-electron chi connectivity index (χ4n) is 2.67. The smallest absolute Gasteiger partial charge is 0.307 e. The molecule has 1 N–H and O–H groups in total. The normalized spacial score (nSPS) is 10.5. The molecule has 0 saturated heterocycles. The third-order valence-corrected chi connectivity index (χ3v) is 3.84. The lowest BCUT2D eigenvalue weighted by atomic mass is 10.0. The molecule has 0 spiro atoms. The summed E-state index contributed by atoms with van der Waals surface area (Å²) in [6.45, 7) is 0. The van der Waals surface area contributed by atoms with Gasteiger partial charge in [0.05, 0.1) is 13.5 Å². The molecule has 138 valence electrons. The number of rotatable bonds is 6. The van der Waals surface area contributed by atoms with Crippen LogP contribution >= 0.6 is 0 Å². The van der Waals surface area contributed by atoms with Crippen molar-refractivity contribution < 1.29 is 28.2 Å². The van der Waals surface area contributed by atoms with Gasteiger partial charge in [0.25, 0.3) is 0 Å². The Morgan fingerprint density at radius 1 is 0.963 bits per heavy atom. The first-order valence-electron chi connectivity index (χ1n) is 8.07. The second-order valence-electron chi connectivity index (χ2n) is 5.84. The minimum Gasteiger partial charge on any atom is -0.497 e. The molecule has 0 aliphatic heterocycles. The summed E-state index contributed by atoms with van der Waals surface area (Å²) >= 11 is 0. The summed E-state index contributed by atoms with van der Waals surface area (Å²) in [5.41, 5.74) is 1.30. The van der Waals surface area contributed by atoms with Crippen molar-refractivity contribution in [2.45, 2.75) is 6.42 Å². The monoisotopic (exact) mass is 370 g/mol. The fourth-order valence-corrected chi connectivity index (χ4v) is 2.67. The van der Waals surface area contributed by atoms with Crippen LogP contribution < -0.4 is 9.47 Å². The molecule has 0 aliphatic carbocycles. The molecule has 3 aromatic rings. The first kappa shape index (κ1) is 18.4. The summed E-state index contributed by atoms with van der Waals surface area (Å²) < 4.78 is 38.1. The number of benzene rings is 3. The van der Waals surface area contributed by atoms with Crippen LogP contribution in [0.4, 0.5) is 8.78 Å². The van der Waals surface area contributed by atoms with Gasteiger partial charge in [0.2, 0.25) is 0 Å². The Labute approximate surface area is 154 Å². The molecule has 0 atom stereocenters. The van der Waals surface area contributed by atoms with Crippen molar-refractivity contribution in [1.82, 2.24) is 0 Å². The van der Waals surface area contributed by atoms with Crippen molar-refractivity contribution >= 4 is 5.97 Å². The van der Waals surface area contributed by atoms with Gasteiger partial charge in [-0.25, -0.2) is 8.78 Å². The molecule has 0 unspecified atom stereocenters. The fraction of sp³-hybridized carbons (Fsp3) is 0.0952. The summed E-state index contributed by atoms with van der Waals surface area (Å²) in [6.07, 6.45) is -0.172. The number of carbonyl (C=O) groups is 1. The highest BCUT2D eigenvalue weighted by Crippen LogP contribution is 2.31. The number of hydrogen-bond donors (Lipinski definition) is 1. The minimum atomic E-state index is -0.969. The number of aliphatic carboxylic acids is 1. The maximum Gasteiger partial charge on any atom is 0.307 e. The van der Waals surface area contributed by atoms with Crippen LogP contribution in [0.3, 0.4) is 0 Å². The van der Waals surface area contributed by atoms with Crippen molar-refractivity contribution in [3.63, 3.8) is 0 Å². The number of carboxylic acids is 1. The van der Waals surface area contributed by atoms with E-state index in [0.29, 0.717) is 28.4 Å². The number of hydrogen-bond acceptors (Lipinski definition) is 3. The predicted octanol–water partition coefficient (Wildman–Crippen LogP) is 5.06. The van der Waals surface area contributed by atoms with E-state index in [-0.39, 0.29) is 12.0 Å². The molecule has 0 heterocycles. The van der Waals surface area contributed by atoms with Gasteiger partial charge in [0.1, 0.15) is 28.9 Å². The molecule has 3 aromatic carbocycles. The van der Waals surface area contributed by atoms with Crippen molar-refractivity contribution in [3.05, 3.63) is 77.9 Å². The Hall–Kier alpha value is -3.41. The standard InChI is InChI=1S/C21H16F2O4/c1-26-17-7-13(9-21(24)25)8-18(12-17)27-16-4-2-3-14(10-16)19-6-5-15(22)11-20(19)23/h2-8,10-12H,9H2,1H3,(H,24,25). The van der Waals surface area contributed by atoms with E-state index in [1.165, 1.54) is 19.2 Å². The van der Waals surface area contributed by atoms with Crippen LogP contribution in [-0.2, 0) is 11.2 Å². The van der Waals surface area contributed by atoms with E-state index < -0.39 is 17.6 Å². The first-order chi connectivity index (χ1) is 12.9. The lowest BCUT2D eigenvalue weighted by Gasteiger charge is -2.11. The molecule has 0 amide bonds. The second kappa shape index (κ2) is 7.86. The molecule has 27 heavy (non-hydrogen) atoms. The van der Waals surface area contributed by atoms with Gasteiger partial charge < -0.3 is 14.6 Å². The van der Waals surface area contributed by atoms with E-state index in [1.54, 1.807) is 42.5 Å². The van der Waals surface area contributed by atoms with Gasteiger partial charge in [-0.15, -0.1) is 0 Å². The lowest BCUT2D eigenvalue weighted by molar-refractivity contribution is -0.136. The minimum absolute atomic E-state index is 0.172. The molecular formula is C21H16F2O4. The van der Waals surface area contributed by atoms with Crippen molar-refractivity contribution in [2.24, 2.45) is 0 Å². The Balaban J connectivity index is 1.91. The second-order valence-corrected chi connectivity index (χ2v) is 5.84. The summed E-state index contributed by atoms with van der Waals surface area (Å²) in [4.78, 5) is 11.0. The molecule has 0 radical (unpaired) electrons. The van der Waals surface area contributed by atoms with Crippen LogP contribution in [-0.4, -0.2) is 18.2 Å². The van der Waals surface area contributed by atoms with E-state index >= 15 is 0 Å². The summed E-state index contributed by atoms with van der Waals surface area (Å²) in [5, 5.41) is 8.98. The Kier molecular flexibility index (Phi) is 5.35. The zero-order chi connectivity index (χ0) is 19.4. The molecule has 4 nitrogen and oxygen atoms in total. The molecular weight excluding hydrogens is 354 g/mol. The quantitative estimate of drug-likeness (QED) is 0.659. The summed E-state index contributed by atoms with van der Waals surface area (Å²) in [6, 6.07) is 14.9. The number of halogens is 2. The van der Waals surface area contributed by atoms with Gasteiger partial charge in [-0.05, 0) is 47.5 Å². The zero-order valence-corrected chi connectivity index (χ0v) is 14.4. The van der Waals surface area contributed by atoms with Crippen LogP contribution in [0.1, 0.15) is 5.56 Å². The molecule has 0 bridgehead atoms. The van der Waals surface area contributed by atoms with E-state index in [4.69, 9.17) is 14.6 Å². The van der Waals surface area contributed by atoms with Crippen LogP contribution in [0.15, 0.2) is 60.7 Å². The van der Waals surface area contributed by atoms with Crippen LogP contribution in [0.25, 0.3) is 11.1 Å². The van der Waals surface area contributed by atoms with E-state index in [2.05, 4.69) is 0 Å². The van der Waals surface area contributed by atoms with Gasteiger partial charge in [-0.3, -0.25) is 4.79 Å². The molecule has 0 aromatic heterocycles. The lowest BCUT2D eigenvalue weighted by Crippen LogP contribution is -2.00. The average Bonchev–Trinajstić information content (AvgIpc) is 2.61. The first-order valence-corrected chi connectivity index (χ1v) is 8.07. The molecule has 0 saturated carbocycles. The number of ether oxygens (including phenoxy) is 2. The van der Waals surface area contributed by atoms with Crippen molar-refractivity contribution in [1.29, 1.82) is 0 Å². The number of methoxy groups -OCH3 is 1. The van der Waals surface area contributed by atoms with E-state index in [0.717, 1.165) is 6.07 Å². The SMILES string of the molecule is COc1cc(CC(=O)O)cc(Oc2cccc(-c3ccc(F)cc3F)c2)c1. The maximum atomic E-state index is 14.0. The Morgan fingerprint density at radius 3 is 2.44 bits per heavy atom. The molecule has 0 fully saturated rings. The predicted molar refractivity (Wildman–Crippen MR) is 96.2 cm³/mol. The third kappa shape index (κ3) is 4.61. The third-order valence-electron chi connectivity index (χ3n) is 3.84. The molecule has 6 heteroatoms. The zero-order valence-electron chi connectivity index (χ0n) is 14.4. The highest BCUT2D eigenvalue weighted by Gasteiger charge is 2.10. The van der Waals surface area contributed by atoms with Gasteiger partial charge in [-0.1, -0.05) is 12.1 Å². The summed E-state index contributed by atoms with van der Waals surface area (Å²) in [5.74, 6) is -1.01. The average molecular weight is 370 g/mol. The maximum absolute atomic E-state index is 14.0. The van der Waals surface area contributed by atoms with Gasteiger partial charge >= 0.3 is 5.97 Å². The molecule has 0 aliphatic rings. The van der Waals surface area contributed by atoms with Crippen LogP contribution in [0.2, 0.25) is 0 Å². The Morgan fingerprint density at radius 2 is 1.74 bits per heavy atom. The topological polar surface area (TPSA) is 55.8 Å². The largest absolute Gasteiger partial charge is 0.497 e. The Bertz CT molecular complexity index is 986. The highest BCUT2D eigenvalue weighted by atomic mass is 19.1. The van der Waals surface area contributed by atoms with Crippen LogP contribution in [0, 0.1) is 11.6 Å². The summed E-state index contributed by atoms with van der Waals surface area (Å²) in [7, 11) is 1.47. The van der Waals surface area contributed by atoms with E-state index in [1.807, 2.05) is 0 Å².